The van der Waals surface area contributed by atoms with Crippen molar-refractivity contribution in [2.75, 3.05) is 11.1 Å². The Morgan fingerprint density at radius 1 is 1.22 bits per heavy atom. The van der Waals surface area contributed by atoms with Crippen LogP contribution in [0.1, 0.15) is 15.9 Å². The summed E-state index contributed by atoms with van der Waals surface area (Å²) in [5, 5.41) is 2.85. The first-order valence-electron chi connectivity index (χ1n) is 5.49. The summed E-state index contributed by atoms with van der Waals surface area (Å²) < 4.78 is 1.08. The Bertz CT molecular complexity index is 576. The molecule has 0 aliphatic heterocycles. The fourth-order valence-electron chi connectivity index (χ4n) is 1.71. The van der Waals surface area contributed by atoms with Crippen LogP contribution in [-0.4, -0.2) is 5.91 Å². The van der Waals surface area contributed by atoms with Crippen LogP contribution in [0.25, 0.3) is 0 Å². The molecule has 0 aliphatic rings. The fraction of sp³-hybridized carbons (Fsp3) is 0.0714. The Balaban J connectivity index is 2.22. The molecule has 3 N–H and O–H groups in total. The number of hydrogen-bond donors (Lipinski definition) is 2. The van der Waals surface area contributed by atoms with Gasteiger partial charge < -0.3 is 11.1 Å². The highest BCUT2D eigenvalue weighted by Gasteiger charge is 2.07. The van der Waals surface area contributed by atoms with Gasteiger partial charge in [0.1, 0.15) is 0 Å². The number of amides is 1. The number of carbonyl (C=O) groups is 1. The first kappa shape index (κ1) is 12.9. The van der Waals surface area contributed by atoms with Gasteiger partial charge in [-0.1, -0.05) is 6.07 Å². The third kappa shape index (κ3) is 3.22. The lowest BCUT2D eigenvalue weighted by molar-refractivity contribution is 0.102. The Labute approximate surface area is 120 Å². The van der Waals surface area contributed by atoms with E-state index in [0.29, 0.717) is 11.3 Å². The average Bonchev–Trinajstić information content (AvgIpc) is 2.27. The molecule has 0 spiro atoms. The van der Waals surface area contributed by atoms with Crippen molar-refractivity contribution in [1.82, 2.24) is 0 Å². The molecule has 2 rings (SSSR count). The molecule has 1 amide bonds. The first-order chi connectivity index (χ1) is 8.54. The summed E-state index contributed by atoms with van der Waals surface area (Å²) >= 11 is 2.21. The molecule has 2 aromatic rings. The molecule has 0 fully saturated rings. The molecule has 92 valence electrons. The van der Waals surface area contributed by atoms with Crippen LogP contribution in [0.15, 0.2) is 42.5 Å². The highest BCUT2D eigenvalue weighted by Crippen LogP contribution is 2.16. The van der Waals surface area contributed by atoms with Crippen molar-refractivity contribution in [3.63, 3.8) is 0 Å². The topological polar surface area (TPSA) is 55.1 Å². The van der Waals surface area contributed by atoms with Gasteiger partial charge in [-0.15, -0.1) is 0 Å². The summed E-state index contributed by atoms with van der Waals surface area (Å²) in [7, 11) is 0. The number of halogens is 1. The third-order valence-corrected chi connectivity index (χ3v) is 3.12. The molecular formula is C14H13IN2O. The lowest BCUT2D eigenvalue weighted by Gasteiger charge is -2.07. The first-order valence-corrected chi connectivity index (χ1v) is 6.56. The SMILES string of the molecule is Cc1cc(N)cc(C(=O)Nc2cccc(I)c2)c1. The van der Waals surface area contributed by atoms with Crippen LogP contribution in [0.2, 0.25) is 0 Å². The van der Waals surface area contributed by atoms with Gasteiger partial charge >= 0.3 is 0 Å². The quantitative estimate of drug-likeness (QED) is 0.643. The summed E-state index contributed by atoms with van der Waals surface area (Å²) in [6.07, 6.45) is 0. The third-order valence-electron chi connectivity index (χ3n) is 2.44. The van der Waals surface area contributed by atoms with Gasteiger partial charge in [0.2, 0.25) is 0 Å². The molecule has 0 saturated heterocycles. The van der Waals surface area contributed by atoms with Crippen LogP contribution >= 0.6 is 22.6 Å². The second kappa shape index (κ2) is 5.39. The van der Waals surface area contributed by atoms with Gasteiger partial charge in [0, 0.05) is 20.5 Å². The minimum atomic E-state index is -0.146. The second-order valence-corrected chi connectivity index (χ2v) is 5.34. The van der Waals surface area contributed by atoms with Gasteiger partial charge in [-0.05, 0) is 71.5 Å². The van der Waals surface area contributed by atoms with Crippen molar-refractivity contribution in [3.05, 3.63) is 57.2 Å². The zero-order valence-electron chi connectivity index (χ0n) is 9.91. The lowest BCUT2D eigenvalue weighted by Crippen LogP contribution is -2.12. The molecule has 3 nitrogen and oxygen atoms in total. The van der Waals surface area contributed by atoms with Gasteiger partial charge in [0.15, 0.2) is 0 Å². The van der Waals surface area contributed by atoms with Gasteiger partial charge in [-0.25, -0.2) is 0 Å². The molecule has 0 bridgehead atoms. The fourth-order valence-corrected chi connectivity index (χ4v) is 2.26. The summed E-state index contributed by atoms with van der Waals surface area (Å²) in [6, 6.07) is 13.0. The number of nitrogen functional groups attached to an aromatic ring is 1. The van der Waals surface area contributed by atoms with E-state index < -0.39 is 0 Å². The van der Waals surface area contributed by atoms with E-state index in [2.05, 4.69) is 27.9 Å². The lowest BCUT2D eigenvalue weighted by atomic mass is 10.1. The molecule has 0 aromatic heterocycles. The molecule has 0 atom stereocenters. The number of rotatable bonds is 2. The van der Waals surface area contributed by atoms with Crippen molar-refractivity contribution >= 4 is 39.9 Å². The summed E-state index contributed by atoms with van der Waals surface area (Å²) in [5.74, 6) is -0.146. The van der Waals surface area contributed by atoms with E-state index in [1.807, 2.05) is 43.3 Å². The van der Waals surface area contributed by atoms with Gasteiger partial charge in [-0.3, -0.25) is 4.79 Å². The normalized spacial score (nSPS) is 10.1. The van der Waals surface area contributed by atoms with Crippen LogP contribution in [0.3, 0.4) is 0 Å². The van der Waals surface area contributed by atoms with E-state index in [1.165, 1.54) is 0 Å². The Hall–Kier alpha value is -1.56. The molecule has 18 heavy (non-hydrogen) atoms. The number of carbonyl (C=O) groups excluding carboxylic acids is 1. The van der Waals surface area contributed by atoms with Crippen molar-refractivity contribution < 1.29 is 4.79 Å². The Morgan fingerprint density at radius 3 is 2.67 bits per heavy atom. The Morgan fingerprint density at radius 2 is 2.00 bits per heavy atom. The number of anilines is 2. The zero-order chi connectivity index (χ0) is 13.1. The minimum absolute atomic E-state index is 0.146. The molecule has 0 aliphatic carbocycles. The molecule has 0 saturated carbocycles. The standard InChI is InChI=1S/C14H13IN2O/c1-9-5-10(7-12(16)6-9)14(18)17-13-4-2-3-11(15)8-13/h2-8H,16H2,1H3,(H,17,18). The predicted molar refractivity (Wildman–Crippen MR) is 82.7 cm³/mol. The summed E-state index contributed by atoms with van der Waals surface area (Å²) in [5.41, 5.74) is 8.67. The van der Waals surface area contributed by atoms with Crippen molar-refractivity contribution in [3.8, 4) is 0 Å². The van der Waals surface area contributed by atoms with Crippen LogP contribution in [0.4, 0.5) is 11.4 Å². The minimum Gasteiger partial charge on any atom is -0.399 e. The number of aryl methyl sites for hydroxylation is 1. The van der Waals surface area contributed by atoms with Crippen molar-refractivity contribution in [2.24, 2.45) is 0 Å². The molecule has 0 unspecified atom stereocenters. The monoisotopic (exact) mass is 352 g/mol. The van der Waals surface area contributed by atoms with Gasteiger partial charge in [0.05, 0.1) is 0 Å². The average molecular weight is 352 g/mol. The van der Waals surface area contributed by atoms with Gasteiger partial charge in [-0.2, -0.15) is 0 Å². The van der Waals surface area contributed by atoms with E-state index in [-0.39, 0.29) is 5.91 Å². The maximum atomic E-state index is 12.1. The van der Waals surface area contributed by atoms with Crippen LogP contribution in [0, 0.1) is 10.5 Å². The number of hydrogen-bond acceptors (Lipinski definition) is 2. The van der Waals surface area contributed by atoms with Crippen molar-refractivity contribution in [2.45, 2.75) is 6.92 Å². The maximum absolute atomic E-state index is 12.1. The molecule has 0 radical (unpaired) electrons. The van der Waals surface area contributed by atoms with E-state index >= 15 is 0 Å². The summed E-state index contributed by atoms with van der Waals surface area (Å²) in [6.45, 7) is 1.92. The largest absolute Gasteiger partial charge is 0.399 e. The second-order valence-electron chi connectivity index (χ2n) is 4.10. The highest BCUT2D eigenvalue weighted by atomic mass is 127. The highest BCUT2D eigenvalue weighted by molar-refractivity contribution is 14.1. The zero-order valence-corrected chi connectivity index (χ0v) is 12.1. The van der Waals surface area contributed by atoms with E-state index in [4.69, 9.17) is 5.73 Å². The van der Waals surface area contributed by atoms with Gasteiger partial charge in [0.25, 0.3) is 5.91 Å². The molecule has 2 aromatic carbocycles. The number of nitrogens with one attached hydrogen (secondary N) is 1. The predicted octanol–water partition coefficient (Wildman–Crippen LogP) is 3.43. The van der Waals surface area contributed by atoms with E-state index in [1.54, 1.807) is 6.07 Å². The van der Waals surface area contributed by atoms with E-state index in [9.17, 15) is 4.79 Å². The van der Waals surface area contributed by atoms with Crippen LogP contribution in [-0.2, 0) is 0 Å². The Kier molecular flexibility index (Phi) is 3.86. The summed E-state index contributed by atoms with van der Waals surface area (Å²) in [4.78, 5) is 12.1. The number of nitrogens with two attached hydrogens (primary N) is 1. The molecular weight excluding hydrogens is 339 g/mol. The smallest absolute Gasteiger partial charge is 0.255 e. The van der Waals surface area contributed by atoms with Crippen LogP contribution in [0.5, 0.6) is 0 Å². The van der Waals surface area contributed by atoms with E-state index in [0.717, 1.165) is 14.8 Å². The maximum Gasteiger partial charge on any atom is 0.255 e. The van der Waals surface area contributed by atoms with Crippen molar-refractivity contribution in [1.29, 1.82) is 0 Å². The molecule has 4 heteroatoms. The molecule has 0 heterocycles. The van der Waals surface area contributed by atoms with Crippen LogP contribution < -0.4 is 11.1 Å². The number of benzene rings is 2.